The van der Waals surface area contributed by atoms with Gasteiger partial charge in [-0.15, -0.1) is 0 Å². The number of carbonyl (C=O) groups excluding carboxylic acids is 2. The summed E-state index contributed by atoms with van der Waals surface area (Å²) in [5.41, 5.74) is 5.31. The summed E-state index contributed by atoms with van der Waals surface area (Å²) in [5.74, 6) is -0.594. The molecule has 0 aromatic rings. The Morgan fingerprint density at radius 2 is 2.33 bits per heavy atom. The molecule has 1 aliphatic rings. The number of amides is 2. The number of carbonyl (C=O) groups is 2. The van der Waals surface area contributed by atoms with Crippen LogP contribution in [0.2, 0.25) is 0 Å². The lowest BCUT2D eigenvalue weighted by atomic mass is 10.1. The number of nitrogens with zero attached hydrogens (tertiary/aromatic N) is 2. The zero-order valence-electron chi connectivity index (χ0n) is 6.91. The maximum Gasteiger partial charge on any atom is 0.264 e. The number of rotatable bonds is 2. The molecule has 0 saturated carbocycles. The van der Waals surface area contributed by atoms with Gasteiger partial charge in [-0.25, -0.2) is 5.01 Å². The van der Waals surface area contributed by atoms with Crippen LogP contribution < -0.4 is 5.73 Å². The molecule has 0 spiro atoms. The molecule has 5 heteroatoms. The molecule has 0 aromatic carbocycles. The van der Waals surface area contributed by atoms with E-state index < -0.39 is 5.91 Å². The van der Waals surface area contributed by atoms with Crippen molar-refractivity contribution in [2.45, 2.75) is 19.8 Å². The summed E-state index contributed by atoms with van der Waals surface area (Å²) in [6.07, 6.45) is 0.695. The summed E-state index contributed by atoms with van der Waals surface area (Å²) in [6.45, 7) is 2.28. The van der Waals surface area contributed by atoms with Crippen molar-refractivity contribution >= 4 is 17.5 Å². The van der Waals surface area contributed by atoms with Gasteiger partial charge in [0.15, 0.2) is 0 Å². The van der Waals surface area contributed by atoms with E-state index in [0.29, 0.717) is 19.4 Å². The van der Waals surface area contributed by atoms with Gasteiger partial charge in [-0.1, -0.05) is 0 Å². The molecule has 0 fully saturated rings. The maximum atomic E-state index is 11.1. The van der Waals surface area contributed by atoms with Crippen LogP contribution in [0.5, 0.6) is 0 Å². The first kappa shape index (κ1) is 8.70. The van der Waals surface area contributed by atoms with Crippen molar-refractivity contribution in [3.05, 3.63) is 0 Å². The Kier molecular flexibility index (Phi) is 2.42. The van der Waals surface area contributed by atoms with Gasteiger partial charge in [-0.3, -0.25) is 9.59 Å². The largest absolute Gasteiger partial charge is 0.364 e. The van der Waals surface area contributed by atoms with Crippen molar-refractivity contribution in [3.8, 4) is 0 Å². The van der Waals surface area contributed by atoms with Crippen LogP contribution in [-0.4, -0.2) is 29.1 Å². The van der Waals surface area contributed by atoms with Gasteiger partial charge in [0.2, 0.25) is 5.91 Å². The van der Waals surface area contributed by atoms with Gasteiger partial charge >= 0.3 is 0 Å². The fourth-order valence-electron chi connectivity index (χ4n) is 1.03. The third kappa shape index (κ3) is 1.61. The lowest BCUT2D eigenvalue weighted by Crippen LogP contribution is -2.36. The highest BCUT2D eigenvalue weighted by Crippen LogP contribution is 2.07. The van der Waals surface area contributed by atoms with Crippen LogP contribution in [-0.2, 0) is 9.59 Å². The van der Waals surface area contributed by atoms with Crippen LogP contribution in [0.15, 0.2) is 5.10 Å². The third-order valence-electron chi connectivity index (χ3n) is 1.69. The first-order valence-electron chi connectivity index (χ1n) is 3.82. The average Bonchev–Trinajstić information content (AvgIpc) is 2.05. The summed E-state index contributed by atoms with van der Waals surface area (Å²) in [5, 5.41) is 5.07. The highest BCUT2D eigenvalue weighted by molar-refractivity contribution is 6.38. The minimum Gasteiger partial charge on any atom is -0.364 e. The summed E-state index contributed by atoms with van der Waals surface area (Å²) >= 11 is 0. The Bertz CT molecular complexity index is 247. The van der Waals surface area contributed by atoms with Gasteiger partial charge in [0.1, 0.15) is 5.71 Å². The molecule has 66 valence electrons. The van der Waals surface area contributed by atoms with Crippen molar-refractivity contribution < 1.29 is 9.59 Å². The van der Waals surface area contributed by atoms with Crippen LogP contribution in [0.4, 0.5) is 0 Å². The van der Waals surface area contributed by atoms with E-state index in [2.05, 4.69) is 5.10 Å². The second kappa shape index (κ2) is 3.34. The second-order valence-corrected chi connectivity index (χ2v) is 2.52. The molecule has 5 nitrogen and oxygen atoms in total. The molecule has 0 radical (unpaired) electrons. The Morgan fingerprint density at radius 3 is 2.83 bits per heavy atom. The standard InChI is InChI=1S/C7H11N3O2/c1-2-10-6(11)4-3-5(9-10)7(8)12/h2-4H2,1H3,(H2,8,12). The van der Waals surface area contributed by atoms with Crippen LogP contribution in [0.25, 0.3) is 0 Å². The number of primary amides is 1. The molecule has 0 aliphatic carbocycles. The smallest absolute Gasteiger partial charge is 0.264 e. The predicted octanol–water partition coefficient (Wildman–Crippen LogP) is -0.530. The van der Waals surface area contributed by atoms with E-state index in [9.17, 15) is 9.59 Å². The molecule has 1 aliphatic heterocycles. The summed E-state index contributed by atoms with van der Waals surface area (Å²) in [7, 11) is 0. The van der Waals surface area contributed by atoms with E-state index in [0.717, 1.165) is 0 Å². The molecule has 0 atom stereocenters. The first-order chi connectivity index (χ1) is 5.65. The van der Waals surface area contributed by atoms with E-state index in [-0.39, 0.29) is 11.6 Å². The highest BCUT2D eigenvalue weighted by Gasteiger charge is 2.21. The summed E-state index contributed by atoms with van der Waals surface area (Å²) in [4.78, 5) is 21.7. The monoisotopic (exact) mass is 169 g/mol. The van der Waals surface area contributed by atoms with E-state index in [1.54, 1.807) is 6.92 Å². The minimum absolute atomic E-state index is 0.0532. The van der Waals surface area contributed by atoms with E-state index >= 15 is 0 Å². The lowest BCUT2D eigenvalue weighted by molar-refractivity contribution is -0.131. The minimum atomic E-state index is -0.541. The number of hydrogen-bond acceptors (Lipinski definition) is 3. The number of nitrogens with two attached hydrogens (primary N) is 1. The van der Waals surface area contributed by atoms with Crippen molar-refractivity contribution in [3.63, 3.8) is 0 Å². The van der Waals surface area contributed by atoms with E-state index in [1.165, 1.54) is 5.01 Å². The van der Waals surface area contributed by atoms with Crippen LogP contribution in [0.1, 0.15) is 19.8 Å². The van der Waals surface area contributed by atoms with Crippen molar-refractivity contribution in [1.29, 1.82) is 0 Å². The van der Waals surface area contributed by atoms with Crippen molar-refractivity contribution in [1.82, 2.24) is 5.01 Å². The van der Waals surface area contributed by atoms with Crippen LogP contribution in [0.3, 0.4) is 0 Å². The molecular weight excluding hydrogens is 158 g/mol. The fraction of sp³-hybridized carbons (Fsp3) is 0.571. The molecule has 1 heterocycles. The quantitative estimate of drug-likeness (QED) is 0.603. The summed E-state index contributed by atoms with van der Waals surface area (Å²) < 4.78 is 0. The molecule has 1 rings (SSSR count). The zero-order valence-corrected chi connectivity index (χ0v) is 6.91. The maximum absolute atomic E-state index is 11.1. The molecule has 0 bridgehead atoms. The molecule has 0 aromatic heterocycles. The van der Waals surface area contributed by atoms with E-state index in [4.69, 9.17) is 5.73 Å². The Balaban J connectivity index is 2.80. The topological polar surface area (TPSA) is 75.8 Å². The van der Waals surface area contributed by atoms with Crippen LogP contribution >= 0.6 is 0 Å². The average molecular weight is 169 g/mol. The van der Waals surface area contributed by atoms with Gasteiger partial charge in [-0.2, -0.15) is 5.10 Å². The number of hydrogen-bond donors (Lipinski definition) is 1. The Hall–Kier alpha value is -1.39. The third-order valence-corrected chi connectivity index (χ3v) is 1.69. The number of hydrazone groups is 1. The fourth-order valence-corrected chi connectivity index (χ4v) is 1.03. The van der Waals surface area contributed by atoms with E-state index in [1.807, 2.05) is 0 Å². The lowest BCUT2D eigenvalue weighted by Gasteiger charge is -2.20. The van der Waals surface area contributed by atoms with Gasteiger partial charge < -0.3 is 5.73 Å². The van der Waals surface area contributed by atoms with Crippen molar-refractivity contribution in [2.24, 2.45) is 10.8 Å². The molecular formula is C7H11N3O2. The zero-order chi connectivity index (χ0) is 9.14. The molecule has 0 unspecified atom stereocenters. The highest BCUT2D eigenvalue weighted by atomic mass is 16.2. The van der Waals surface area contributed by atoms with Gasteiger partial charge in [0, 0.05) is 19.4 Å². The molecule has 0 saturated heterocycles. The van der Waals surface area contributed by atoms with Crippen LogP contribution in [0, 0.1) is 0 Å². The molecule has 2 amide bonds. The Morgan fingerprint density at radius 1 is 1.67 bits per heavy atom. The van der Waals surface area contributed by atoms with Crippen molar-refractivity contribution in [2.75, 3.05) is 6.54 Å². The normalized spacial score (nSPS) is 17.6. The summed E-state index contributed by atoms with van der Waals surface area (Å²) in [6, 6.07) is 0. The van der Waals surface area contributed by atoms with Gasteiger partial charge in [0.25, 0.3) is 5.91 Å². The SMILES string of the molecule is CCN1N=C(C(N)=O)CCC1=O. The second-order valence-electron chi connectivity index (χ2n) is 2.52. The first-order valence-corrected chi connectivity index (χ1v) is 3.82. The Labute approximate surface area is 70.2 Å². The molecule has 2 N–H and O–H groups in total. The molecule has 12 heavy (non-hydrogen) atoms. The predicted molar refractivity (Wildman–Crippen MR) is 43.3 cm³/mol. The van der Waals surface area contributed by atoms with Gasteiger partial charge in [-0.05, 0) is 6.92 Å². The van der Waals surface area contributed by atoms with Gasteiger partial charge in [0.05, 0.1) is 0 Å².